The van der Waals surface area contributed by atoms with Gasteiger partial charge in [-0.2, -0.15) is 0 Å². The van der Waals surface area contributed by atoms with Gasteiger partial charge >= 0.3 is 0 Å². The molecule has 0 radical (unpaired) electrons. The second-order valence-corrected chi connectivity index (χ2v) is 5.68. The molecule has 2 aromatic carbocycles. The predicted octanol–water partition coefficient (Wildman–Crippen LogP) is 3.76. The average molecular weight is 298 g/mol. The lowest BCUT2D eigenvalue weighted by molar-refractivity contribution is 0.696. The van der Waals surface area contributed by atoms with Gasteiger partial charge in [-0.15, -0.1) is 0 Å². The van der Waals surface area contributed by atoms with Gasteiger partial charge in [0.2, 0.25) is 0 Å². The average Bonchev–Trinajstić information content (AvgIpc) is 2.49. The van der Waals surface area contributed by atoms with Gasteiger partial charge in [0.25, 0.3) is 0 Å². The highest BCUT2D eigenvalue weighted by molar-refractivity contribution is 7.80. The van der Waals surface area contributed by atoms with Crippen molar-refractivity contribution in [3.63, 3.8) is 0 Å². The summed E-state index contributed by atoms with van der Waals surface area (Å²) in [5, 5.41) is 7.29. The van der Waals surface area contributed by atoms with Gasteiger partial charge in [0, 0.05) is 6.54 Å². The van der Waals surface area contributed by atoms with Gasteiger partial charge in [-0.3, -0.25) is 0 Å². The van der Waals surface area contributed by atoms with Crippen molar-refractivity contribution in [3.05, 3.63) is 71.3 Å². The molecule has 0 saturated heterocycles. The van der Waals surface area contributed by atoms with Crippen molar-refractivity contribution < 1.29 is 0 Å². The molecule has 0 aliphatic heterocycles. The fraction of sp³-hybridized carbons (Fsp3) is 0.278. The van der Waals surface area contributed by atoms with Crippen LogP contribution in [0.3, 0.4) is 0 Å². The maximum Gasteiger partial charge on any atom is 0.166 e. The largest absolute Gasteiger partial charge is 0.362 e. The van der Waals surface area contributed by atoms with E-state index in [-0.39, 0.29) is 6.04 Å². The Morgan fingerprint density at radius 2 is 1.71 bits per heavy atom. The highest BCUT2D eigenvalue weighted by Gasteiger charge is 2.06. The van der Waals surface area contributed by atoms with Gasteiger partial charge < -0.3 is 10.6 Å². The van der Waals surface area contributed by atoms with E-state index in [4.69, 9.17) is 12.2 Å². The normalized spacial score (nSPS) is 11.7. The SMILES string of the molecule is Cc1ccc(C(C)NC(=S)NCCc2ccccc2)cc1. The lowest BCUT2D eigenvalue weighted by atomic mass is 10.1. The van der Waals surface area contributed by atoms with Crippen LogP contribution in [-0.4, -0.2) is 11.7 Å². The van der Waals surface area contributed by atoms with Gasteiger partial charge in [0.05, 0.1) is 6.04 Å². The standard InChI is InChI=1S/C18H22N2S/c1-14-8-10-17(11-9-14)15(2)20-18(21)19-13-12-16-6-4-3-5-7-16/h3-11,15H,12-13H2,1-2H3,(H2,19,20,21). The first kappa shape index (κ1) is 15.5. The summed E-state index contributed by atoms with van der Waals surface area (Å²) < 4.78 is 0. The minimum atomic E-state index is 0.210. The van der Waals surface area contributed by atoms with Crippen molar-refractivity contribution in [3.8, 4) is 0 Å². The molecule has 1 unspecified atom stereocenters. The van der Waals surface area contributed by atoms with Crippen molar-refractivity contribution in [1.29, 1.82) is 0 Å². The molecular weight excluding hydrogens is 276 g/mol. The Balaban J connectivity index is 1.75. The first-order valence-corrected chi connectivity index (χ1v) is 7.71. The molecule has 0 bridgehead atoms. The Morgan fingerprint density at radius 3 is 2.38 bits per heavy atom. The summed E-state index contributed by atoms with van der Waals surface area (Å²) in [7, 11) is 0. The summed E-state index contributed by atoms with van der Waals surface area (Å²) >= 11 is 5.35. The lowest BCUT2D eigenvalue weighted by Crippen LogP contribution is -2.37. The number of benzene rings is 2. The smallest absolute Gasteiger partial charge is 0.166 e. The third kappa shape index (κ3) is 5.20. The summed E-state index contributed by atoms with van der Waals surface area (Å²) in [5.74, 6) is 0. The third-order valence-electron chi connectivity index (χ3n) is 3.47. The maximum atomic E-state index is 5.35. The Kier molecular flexibility index (Phi) is 5.76. The van der Waals surface area contributed by atoms with Crippen LogP contribution < -0.4 is 10.6 Å². The van der Waals surface area contributed by atoms with Crippen molar-refractivity contribution >= 4 is 17.3 Å². The first-order chi connectivity index (χ1) is 10.1. The molecule has 110 valence electrons. The number of aryl methyl sites for hydroxylation is 1. The molecule has 2 nitrogen and oxygen atoms in total. The van der Waals surface area contributed by atoms with Gasteiger partial charge in [-0.25, -0.2) is 0 Å². The molecule has 1 atom stereocenters. The van der Waals surface area contributed by atoms with Crippen LogP contribution in [0.1, 0.15) is 29.7 Å². The number of hydrogen-bond donors (Lipinski definition) is 2. The summed E-state index contributed by atoms with van der Waals surface area (Å²) in [6.45, 7) is 5.06. The Hall–Kier alpha value is -1.87. The molecule has 0 aliphatic carbocycles. The van der Waals surface area contributed by atoms with E-state index in [9.17, 15) is 0 Å². The molecule has 2 rings (SSSR count). The number of rotatable bonds is 5. The van der Waals surface area contributed by atoms with Gasteiger partial charge in [-0.1, -0.05) is 60.2 Å². The van der Waals surface area contributed by atoms with Crippen LogP contribution in [0, 0.1) is 6.92 Å². The Morgan fingerprint density at radius 1 is 1.05 bits per heavy atom. The van der Waals surface area contributed by atoms with Crippen molar-refractivity contribution in [2.75, 3.05) is 6.54 Å². The van der Waals surface area contributed by atoms with Crippen LogP contribution in [0.2, 0.25) is 0 Å². The fourth-order valence-corrected chi connectivity index (χ4v) is 2.43. The van der Waals surface area contributed by atoms with Crippen LogP contribution in [0.15, 0.2) is 54.6 Å². The predicted molar refractivity (Wildman–Crippen MR) is 93.5 cm³/mol. The van der Waals surface area contributed by atoms with Crippen molar-refractivity contribution in [1.82, 2.24) is 10.6 Å². The Labute approximate surface area is 132 Å². The van der Waals surface area contributed by atoms with Gasteiger partial charge in [0.1, 0.15) is 0 Å². The maximum absolute atomic E-state index is 5.35. The molecule has 21 heavy (non-hydrogen) atoms. The van der Waals surface area contributed by atoms with Crippen LogP contribution >= 0.6 is 12.2 Å². The number of nitrogens with one attached hydrogen (secondary N) is 2. The van der Waals surface area contributed by atoms with E-state index >= 15 is 0 Å². The molecular formula is C18H22N2S. The van der Waals surface area contributed by atoms with Crippen LogP contribution in [0.5, 0.6) is 0 Å². The third-order valence-corrected chi connectivity index (χ3v) is 3.73. The molecule has 0 spiro atoms. The fourth-order valence-electron chi connectivity index (χ4n) is 2.15. The first-order valence-electron chi connectivity index (χ1n) is 7.30. The molecule has 2 N–H and O–H groups in total. The number of hydrogen-bond acceptors (Lipinski definition) is 1. The molecule has 0 aliphatic rings. The topological polar surface area (TPSA) is 24.1 Å². The minimum absolute atomic E-state index is 0.210. The molecule has 0 amide bonds. The van der Waals surface area contributed by atoms with Crippen LogP contribution in [0.4, 0.5) is 0 Å². The molecule has 0 heterocycles. The minimum Gasteiger partial charge on any atom is -0.362 e. The number of thiocarbonyl (C=S) groups is 1. The molecule has 0 saturated carbocycles. The molecule has 2 aromatic rings. The second kappa shape index (κ2) is 7.79. The zero-order valence-corrected chi connectivity index (χ0v) is 13.4. The quantitative estimate of drug-likeness (QED) is 0.822. The zero-order valence-electron chi connectivity index (χ0n) is 12.6. The van der Waals surface area contributed by atoms with E-state index in [1.165, 1.54) is 16.7 Å². The van der Waals surface area contributed by atoms with Gasteiger partial charge in [-0.05, 0) is 43.6 Å². The molecule has 0 aromatic heterocycles. The monoisotopic (exact) mass is 298 g/mol. The lowest BCUT2D eigenvalue weighted by Gasteiger charge is -2.17. The van der Waals surface area contributed by atoms with Crippen LogP contribution in [0.25, 0.3) is 0 Å². The Bertz CT molecular complexity index is 564. The summed E-state index contributed by atoms with van der Waals surface area (Å²) in [5.41, 5.74) is 3.83. The van der Waals surface area contributed by atoms with Crippen molar-refractivity contribution in [2.24, 2.45) is 0 Å². The molecule has 3 heteroatoms. The van der Waals surface area contributed by atoms with Gasteiger partial charge in [0.15, 0.2) is 5.11 Å². The molecule has 0 fully saturated rings. The van der Waals surface area contributed by atoms with E-state index in [1.807, 2.05) is 6.07 Å². The van der Waals surface area contributed by atoms with E-state index in [2.05, 4.69) is 73.0 Å². The zero-order chi connectivity index (χ0) is 15.1. The highest BCUT2D eigenvalue weighted by atomic mass is 32.1. The van der Waals surface area contributed by atoms with E-state index in [1.54, 1.807) is 0 Å². The second-order valence-electron chi connectivity index (χ2n) is 5.27. The summed E-state index contributed by atoms with van der Waals surface area (Å²) in [4.78, 5) is 0. The van der Waals surface area contributed by atoms with Crippen LogP contribution in [-0.2, 0) is 6.42 Å². The van der Waals surface area contributed by atoms with E-state index in [0.717, 1.165) is 13.0 Å². The van der Waals surface area contributed by atoms with E-state index < -0.39 is 0 Å². The van der Waals surface area contributed by atoms with Crippen molar-refractivity contribution in [2.45, 2.75) is 26.3 Å². The highest BCUT2D eigenvalue weighted by Crippen LogP contribution is 2.12. The summed E-state index contributed by atoms with van der Waals surface area (Å²) in [6.07, 6.45) is 0.974. The van der Waals surface area contributed by atoms with E-state index in [0.29, 0.717) is 5.11 Å². The summed E-state index contributed by atoms with van der Waals surface area (Å²) in [6, 6.07) is 19.2.